The van der Waals surface area contributed by atoms with E-state index < -0.39 is 0 Å². The van der Waals surface area contributed by atoms with Crippen molar-refractivity contribution in [2.24, 2.45) is 5.92 Å². The molecule has 1 aromatic rings. The van der Waals surface area contributed by atoms with Crippen LogP contribution in [0.4, 0.5) is 0 Å². The summed E-state index contributed by atoms with van der Waals surface area (Å²) in [4.78, 5) is 2.68. The van der Waals surface area contributed by atoms with Crippen LogP contribution in [0, 0.1) is 5.92 Å². The van der Waals surface area contributed by atoms with Crippen molar-refractivity contribution in [3.63, 3.8) is 0 Å². The van der Waals surface area contributed by atoms with Gasteiger partial charge in [-0.3, -0.25) is 4.90 Å². The van der Waals surface area contributed by atoms with E-state index in [-0.39, 0.29) is 0 Å². The number of nitrogens with one attached hydrogen (secondary N) is 1. The molecule has 92 valence electrons. The van der Waals surface area contributed by atoms with Gasteiger partial charge < -0.3 is 5.32 Å². The standard InChI is InChI=1S/C15H22N2/c1-12-5-4-8-17(11-12)15-10-16-9-13-6-2-3-7-14(13)15/h2-3,6-7,12,15-16H,4-5,8-11H2,1H3. The Kier molecular flexibility index (Phi) is 3.17. The summed E-state index contributed by atoms with van der Waals surface area (Å²) in [5, 5.41) is 3.56. The average molecular weight is 230 g/mol. The molecule has 3 rings (SSSR count). The number of piperidine rings is 1. The van der Waals surface area contributed by atoms with Gasteiger partial charge in [0.1, 0.15) is 0 Å². The summed E-state index contributed by atoms with van der Waals surface area (Å²) in [7, 11) is 0. The van der Waals surface area contributed by atoms with Crippen molar-refractivity contribution in [3.05, 3.63) is 35.4 Å². The summed E-state index contributed by atoms with van der Waals surface area (Å²) >= 11 is 0. The molecule has 0 radical (unpaired) electrons. The minimum atomic E-state index is 0.600. The second kappa shape index (κ2) is 4.79. The van der Waals surface area contributed by atoms with E-state index in [2.05, 4.69) is 41.4 Å². The number of hydrogen-bond donors (Lipinski definition) is 1. The Morgan fingerprint density at radius 3 is 3.06 bits per heavy atom. The van der Waals surface area contributed by atoms with E-state index in [1.807, 2.05) is 0 Å². The number of hydrogen-bond acceptors (Lipinski definition) is 2. The van der Waals surface area contributed by atoms with Crippen LogP contribution in [0.5, 0.6) is 0 Å². The molecule has 0 saturated carbocycles. The maximum absolute atomic E-state index is 3.56. The average Bonchev–Trinajstić information content (AvgIpc) is 2.38. The van der Waals surface area contributed by atoms with Crippen LogP contribution >= 0.6 is 0 Å². The van der Waals surface area contributed by atoms with Crippen LogP contribution in [0.3, 0.4) is 0 Å². The fraction of sp³-hybridized carbons (Fsp3) is 0.600. The molecule has 2 aliphatic heterocycles. The highest BCUT2D eigenvalue weighted by Crippen LogP contribution is 2.30. The topological polar surface area (TPSA) is 15.3 Å². The molecular formula is C15H22N2. The van der Waals surface area contributed by atoms with Gasteiger partial charge >= 0.3 is 0 Å². The Balaban J connectivity index is 1.84. The number of fused-ring (bicyclic) bond motifs is 1. The zero-order valence-electron chi connectivity index (χ0n) is 10.7. The number of benzene rings is 1. The molecular weight excluding hydrogens is 208 g/mol. The Hall–Kier alpha value is -0.860. The van der Waals surface area contributed by atoms with Crippen LogP contribution < -0.4 is 5.32 Å². The second-order valence-corrected chi connectivity index (χ2v) is 5.59. The summed E-state index contributed by atoms with van der Waals surface area (Å²) in [5.41, 5.74) is 3.04. The highest BCUT2D eigenvalue weighted by molar-refractivity contribution is 5.32. The SMILES string of the molecule is CC1CCCN(C2CNCc3ccccc32)C1. The summed E-state index contributed by atoms with van der Waals surface area (Å²) in [6.07, 6.45) is 2.76. The maximum Gasteiger partial charge on any atom is 0.0476 e. The lowest BCUT2D eigenvalue weighted by atomic mass is 9.92. The first-order valence-electron chi connectivity index (χ1n) is 6.87. The van der Waals surface area contributed by atoms with Crippen molar-refractivity contribution in [3.8, 4) is 0 Å². The van der Waals surface area contributed by atoms with Crippen LogP contribution in [-0.4, -0.2) is 24.5 Å². The first-order valence-corrected chi connectivity index (χ1v) is 6.87. The first-order chi connectivity index (χ1) is 8.34. The normalized spacial score (nSPS) is 29.9. The minimum absolute atomic E-state index is 0.600. The molecule has 0 aromatic heterocycles. The fourth-order valence-corrected chi connectivity index (χ4v) is 3.31. The van der Waals surface area contributed by atoms with Crippen molar-refractivity contribution in [1.29, 1.82) is 0 Å². The summed E-state index contributed by atoms with van der Waals surface area (Å²) < 4.78 is 0. The van der Waals surface area contributed by atoms with E-state index in [0.29, 0.717) is 6.04 Å². The molecule has 0 aliphatic carbocycles. The highest BCUT2D eigenvalue weighted by Gasteiger charge is 2.28. The van der Waals surface area contributed by atoms with E-state index in [0.717, 1.165) is 19.0 Å². The number of rotatable bonds is 1. The molecule has 2 aliphatic rings. The molecule has 2 unspecified atom stereocenters. The molecule has 2 heteroatoms. The lowest BCUT2D eigenvalue weighted by Gasteiger charge is -2.40. The Morgan fingerprint density at radius 1 is 1.29 bits per heavy atom. The van der Waals surface area contributed by atoms with E-state index >= 15 is 0 Å². The van der Waals surface area contributed by atoms with E-state index in [4.69, 9.17) is 0 Å². The van der Waals surface area contributed by atoms with Gasteiger partial charge in [-0.1, -0.05) is 31.2 Å². The zero-order valence-corrected chi connectivity index (χ0v) is 10.7. The van der Waals surface area contributed by atoms with Crippen molar-refractivity contribution in [1.82, 2.24) is 10.2 Å². The van der Waals surface area contributed by atoms with Crippen LogP contribution in [0.2, 0.25) is 0 Å². The number of likely N-dealkylation sites (tertiary alicyclic amines) is 1. The van der Waals surface area contributed by atoms with Crippen molar-refractivity contribution < 1.29 is 0 Å². The predicted molar refractivity (Wildman–Crippen MR) is 70.9 cm³/mol. The highest BCUT2D eigenvalue weighted by atomic mass is 15.2. The third kappa shape index (κ3) is 2.24. The van der Waals surface area contributed by atoms with Gasteiger partial charge in [0.25, 0.3) is 0 Å². The molecule has 2 nitrogen and oxygen atoms in total. The summed E-state index contributed by atoms with van der Waals surface area (Å²) in [6.45, 7) is 7.07. The fourth-order valence-electron chi connectivity index (χ4n) is 3.31. The summed E-state index contributed by atoms with van der Waals surface area (Å²) in [6, 6.07) is 9.52. The molecule has 1 N–H and O–H groups in total. The van der Waals surface area contributed by atoms with Gasteiger partial charge in [0.15, 0.2) is 0 Å². The third-order valence-electron chi connectivity index (χ3n) is 4.20. The number of nitrogens with zero attached hydrogens (tertiary/aromatic N) is 1. The second-order valence-electron chi connectivity index (χ2n) is 5.59. The lowest BCUT2D eigenvalue weighted by Crippen LogP contribution is -2.44. The van der Waals surface area contributed by atoms with Crippen LogP contribution in [0.15, 0.2) is 24.3 Å². The van der Waals surface area contributed by atoms with Gasteiger partial charge in [0.2, 0.25) is 0 Å². The van der Waals surface area contributed by atoms with Crippen molar-refractivity contribution >= 4 is 0 Å². The molecule has 1 aromatic carbocycles. The predicted octanol–water partition coefficient (Wildman–Crippen LogP) is 2.56. The zero-order chi connectivity index (χ0) is 11.7. The molecule has 17 heavy (non-hydrogen) atoms. The van der Waals surface area contributed by atoms with Gasteiger partial charge in [0, 0.05) is 25.7 Å². The molecule has 0 spiro atoms. The summed E-state index contributed by atoms with van der Waals surface area (Å²) in [5.74, 6) is 0.859. The van der Waals surface area contributed by atoms with Crippen molar-refractivity contribution in [2.45, 2.75) is 32.4 Å². The molecule has 2 heterocycles. The Bertz CT molecular complexity index is 388. The third-order valence-corrected chi connectivity index (χ3v) is 4.20. The van der Waals surface area contributed by atoms with Gasteiger partial charge in [-0.2, -0.15) is 0 Å². The van der Waals surface area contributed by atoms with Crippen LogP contribution in [0.25, 0.3) is 0 Å². The largest absolute Gasteiger partial charge is 0.311 e. The first kappa shape index (κ1) is 11.2. The van der Waals surface area contributed by atoms with E-state index in [1.165, 1.54) is 31.5 Å². The van der Waals surface area contributed by atoms with Crippen LogP contribution in [-0.2, 0) is 6.54 Å². The molecule has 1 fully saturated rings. The van der Waals surface area contributed by atoms with E-state index in [1.54, 1.807) is 5.56 Å². The quantitative estimate of drug-likeness (QED) is 0.797. The molecule has 0 bridgehead atoms. The Morgan fingerprint density at radius 2 is 2.18 bits per heavy atom. The van der Waals surface area contributed by atoms with E-state index in [9.17, 15) is 0 Å². The smallest absolute Gasteiger partial charge is 0.0476 e. The minimum Gasteiger partial charge on any atom is -0.311 e. The lowest BCUT2D eigenvalue weighted by molar-refractivity contribution is 0.123. The van der Waals surface area contributed by atoms with Crippen molar-refractivity contribution in [2.75, 3.05) is 19.6 Å². The maximum atomic E-state index is 3.56. The van der Waals surface area contributed by atoms with Crippen LogP contribution in [0.1, 0.15) is 36.9 Å². The monoisotopic (exact) mass is 230 g/mol. The molecule has 1 saturated heterocycles. The van der Waals surface area contributed by atoms with Gasteiger partial charge in [-0.15, -0.1) is 0 Å². The molecule has 0 amide bonds. The van der Waals surface area contributed by atoms with Gasteiger partial charge in [-0.05, 0) is 36.4 Å². The van der Waals surface area contributed by atoms with Gasteiger partial charge in [-0.25, -0.2) is 0 Å². The Labute approximate surface area is 104 Å². The van der Waals surface area contributed by atoms with Gasteiger partial charge in [0.05, 0.1) is 0 Å². The molecule has 2 atom stereocenters.